The second-order valence-electron chi connectivity index (χ2n) is 8.79. The lowest BCUT2D eigenvalue weighted by Crippen LogP contribution is -2.18. The van der Waals surface area contributed by atoms with Gasteiger partial charge < -0.3 is 16.2 Å². The number of nitrogen functional groups attached to an aromatic ring is 1. The number of aliphatic hydroxyl groups is 1. The molecule has 3 heterocycles. The fourth-order valence-corrected chi connectivity index (χ4v) is 4.64. The summed E-state index contributed by atoms with van der Waals surface area (Å²) in [7, 11) is 0. The van der Waals surface area contributed by atoms with E-state index >= 15 is 0 Å². The molecule has 3 aromatic heterocycles. The van der Waals surface area contributed by atoms with E-state index in [1.807, 2.05) is 34.9 Å². The molecule has 0 radical (unpaired) electrons. The van der Waals surface area contributed by atoms with Crippen LogP contribution in [0.25, 0.3) is 16.8 Å². The summed E-state index contributed by atoms with van der Waals surface area (Å²) >= 11 is 0. The number of benzene rings is 1. The molecule has 1 aromatic carbocycles. The van der Waals surface area contributed by atoms with Gasteiger partial charge in [-0.1, -0.05) is 19.1 Å². The van der Waals surface area contributed by atoms with Crippen LogP contribution >= 0.6 is 0 Å². The van der Waals surface area contributed by atoms with E-state index in [0.29, 0.717) is 17.2 Å². The predicted octanol–water partition coefficient (Wildman–Crippen LogP) is 4.21. The van der Waals surface area contributed by atoms with Crippen molar-refractivity contribution in [3.63, 3.8) is 0 Å². The molecule has 0 saturated heterocycles. The van der Waals surface area contributed by atoms with Crippen LogP contribution in [0.3, 0.4) is 0 Å². The molecule has 34 heavy (non-hydrogen) atoms. The van der Waals surface area contributed by atoms with Gasteiger partial charge in [0.1, 0.15) is 28.7 Å². The number of hydrogen-bond donors (Lipinski definition) is 3. The summed E-state index contributed by atoms with van der Waals surface area (Å²) in [4.78, 5) is 26.2. The Hall–Kier alpha value is -3.78. The zero-order chi connectivity index (χ0) is 23.7. The Balaban J connectivity index is 1.44. The second-order valence-corrected chi connectivity index (χ2v) is 8.79. The van der Waals surface area contributed by atoms with Gasteiger partial charge in [-0.2, -0.15) is 0 Å². The first-order valence-electron chi connectivity index (χ1n) is 11.7. The fourth-order valence-electron chi connectivity index (χ4n) is 4.64. The van der Waals surface area contributed by atoms with Gasteiger partial charge in [0.2, 0.25) is 0 Å². The third-order valence-electron chi connectivity index (χ3n) is 6.57. The van der Waals surface area contributed by atoms with Gasteiger partial charge in [-0.15, -0.1) is 0 Å². The molecule has 0 unspecified atom stereocenters. The number of anilines is 2. The summed E-state index contributed by atoms with van der Waals surface area (Å²) in [5.41, 5.74) is 10.3. The molecule has 1 aliphatic rings. The maximum atomic E-state index is 12.7. The van der Waals surface area contributed by atoms with Crippen molar-refractivity contribution in [2.45, 2.75) is 51.0 Å². The summed E-state index contributed by atoms with van der Waals surface area (Å²) in [5.74, 6) is 1.92. The maximum Gasteiger partial charge on any atom is 0.256 e. The lowest BCUT2D eigenvalue weighted by atomic mass is 9.87. The Morgan fingerprint density at radius 3 is 2.62 bits per heavy atom. The number of nitrogens with zero attached hydrogens (tertiary/aromatic N) is 4. The normalized spacial score (nSPS) is 18.2. The van der Waals surface area contributed by atoms with E-state index in [0.717, 1.165) is 60.3 Å². The molecule has 4 N–H and O–H groups in total. The summed E-state index contributed by atoms with van der Waals surface area (Å²) in [6.07, 6.45) is 9.23. The number of nitrogens with one attached hydrogen (secondary N) is 1. The monoisotopic (exact) mass is 456 g/mol. The second kappa shape index (κ2) is 9.23. The van der Waals surface area contributed by atoms with Gasteiger partial charge >= 0.3 is 0 Å². The van der Waals surface area contributed by atoms with Crippen LogP contribution in [0.1, 0.15) is 60.3 Å². The molecular formula is C26H28N6O2. The zero-order valence-corrected chi connectivity index (χ0v) is 19.1. The summed E-state index contributed by atoms with van der Waals surface area (Å²) < 4.78 is 2.02. The highest BCUT2D eigenvalue weighted by Crippen LogP contribution is 2.36. The van der Waals surface area contributed by atoms with Crippen LogP contribution in [0.2, 0.25) is 0 Å². The van der Waals surface area contributed by atoms with Crippen LogP contribution in [-0.2, 0) is 6.42 Å². The molecule has 1 saturated carbocycles. The van der Waals surface area contributed by atoms with Crippen LogP contribution in [-0.4, -0.2) is 36.5 Å². The van der Waals surface area contributed by atoms with Crippen LogP contribution in [0.5, 0.6) is 0 Å². The van der Waals surface area contributed by atoms with E-state index in [2.05, 4.69) is 22.2 Å². The maximum absolute atomic E-state index is 12.7. The Morgan fingerprint density at radius 2 is 1.88 bits per heavy atom. The molecular weight excluding hydrogens is 428 g/mol. The Labute approximate surface area is 197 Å². The SMILES string of the molecule is CCc1ccnc(NC(=O)c2ccc(-c3nc(C4CCC(O)CC4)n4ccnc(N)c34)cc2)c1. The van der Waals surface area contributed by atoms with E-state index in [1.165, 1.54) is 0 Å². The number of nitrogens with two attached hydrogens (primary N) is 1. The first kappa shape index (κ1) is 22.0. The summed E-state index contributed by atoms with van der Waals surface area (Å²) in [5, 5.41) is 12.8. The molecule has 0 atom stereocenters. The number of carbonyl (C=O) groups excluding carboxylic acids is 1. The van der Waals surface area contributed by atoms with E-state index in [4.69, 9.17) is 10.7 Å². The Bertz CT molecular complexity index is 1320. The minimum Gasteiger partial charge on any atom is -0.393 e. The average molecular weight is 457 g/mol. The van der Waals surface area contributed by atoms with Gasteiger partial charge in [-0.3, -0.25) is 9.20 Å². The van der Waals surface area contributed by atoms with Crippen molar-refractivity contribution < 1.29 is 9.90 Å². The van der Waals surface area contributed by atoms with Crippen LogP contribution in [0.4, 0.5) is 11.6 Å². The molecule has 0 bridgehead atoms. The lowest BCUT2D eigenvalue weighted by Gasteiger charge is -2.24. The number of aromatic nitrogens is 4. The predicted molar refractivity (Wildman–Crippen MR) is 132 cm³/mol. The van der Waals surface area contributed by atoms with Gasteiger partial charge in [-0.25, -0.2) is 15.0 Å². The highest BCUT2D eigenvalue weighted by Gasteiger charge is 2.26. The highest BCUT2D eigenvalue weighted by atomic mass is 16.3. The molecule has 1 fully saturated rings. The standard InChI is InChI=1S/C26H28N6O2/c1-2-16-11-12-28-21(15-16)30-26(34)19-5-3-17(4-6-19)22-23-24(27)29-13-14-32(23)25(31-22)18-7-9-20(33)10-8-18/h3-6,11-15,18,20,33H,2,7-10H2,1H3,(H2,27,29)(H,28,30,34). The molecule has 0 spiro atoms. The van der Waals surface area contributed by atoms with Crippen molar-refractivity contribution in [2.75, 3.05) is 11.1 Å². The average Bonchev–Trinajstić information content (AvgIpc) is 3.26. The molecule has 0 aliphatic heterocycles. The number of hydrogen-bond acceptors (Lipinski definition) is 6. The minimum atomic E-state index is -0.230. The number of aryl methyl sites for hydroxylation is 1. The molecule has 5 rings (SSSR count). The number of carbonyl (C=O) groups is 1. The van der Waals surface area contributed by atoms with Crippen LogP contribution in [0, 0.1) is 0 Å². The van der Waals surface area contributed by atoms with Gasteiger partial charge in [0.05, 0.1) is 6.10 Å². The summed E-state index contributed by atoms with van der Waals surface area (Å²) in [6, 6.07) is 11.1. The summed E-state index contributed by atoms with van der Waals surface area (Å²) in [6.45, 7) is 2.06. The van der Waals surface area contributed by atoms with Crippen molar-refractivity contribution in [3.8, 4) is 11.3 Å². The first-order valence-corrected chi connectivity index (χ1v) is 11.7. The smallest absolute Gasteiger partial charge is 0.256 e. The van der Waals surface area contributed by atoms with Crippen molar-refractivity contribution in [3.05, 3.63) is 71.9 Å². The topological polar surface area (TPSA) is 118 Å². The molecule has 174 valence electrons. The van der Waals surface area contributed by atoms with Crippen LogP contribution < -0.4 is 11.1 Å². The van der Waals surface area contributed by atoms with Gasteiger partial charge in [0, 0.05) is 35.6 Å². The third kappa shape index (κ3) is 4.24. The minimum absolute atomic E-state index is 0.218. The molecule has 8 heteroatoms. The van der Waals surface area contributed by atoms with Gasteiger partial charge in [0.15, 0.2) is 0 Å². The van der Waals surface area contributed by atoms with Gasteiger partial charge in [-0.05, 0) is 61.9 Å². The Kier molecular flexibility index (Phi) is 5.98. The highest BCUT2D eigenvalue weighted by molar-refractivity contribution is 6.04. The number of amides is 1. The zero-order valence-electron chi connectivity index (χ0n) is 19.1. The van der Waals surface area contributed by atoms with Crippen molar-refractivity contribution in [1.82, 2.24) is 19.4 Å². The molecule has 4 aromatic rings. The van der Waals surface area contributed by atoms with Crippen molar-refractivity contribution >= 4 is 23.1 Å². The van der Waals surface area contributed by atoms with E-state index in [9.17, 15) is 9.90 Å². The number of pyridine rings is 1. The number of fused-ring (bicyclic) bond motifs is 1. The number of rotatable bonds is 5. The van der Waals surface area contributed by atoms with Crippen molar-refractivity contribution in [1.29, 1.82) is 0 Å². The van der Waals surface area contributed by atoms with Crippen LogP contribution in [0.15, 0.2) is 55.0 Å². The Morgan fingerprint density at radius 1 is 1.12 bits per heavy atom. The lowest BCUT2D eigenvalue weighted by molar-refractivity contribution is 0.102. The van der Waals surface area contributed by atoms with Crippen molar-refractivity contribution in [2.24, 2.45) is 0 Å². The number of aliphatic hydroxyl groups excluding tert-OH is 1. The van der Waals surface area contributed by atoms with E-state index in [1.54, 1.807) is 24.5 Å². The largest absolute Gasteiger partial charge is 0.393 e. The first-order chi connectivity index (χ1) is 16.5. The third-order valence-corrected chi connectivity index (χ3v) is 6.57. The quantitative estimate of drug-likeness (QED) is 0.414. The van der Waals surface area contributed by atoms with Gasteiger partial charge in [0.25, 0.3) is 5.91 Å². The number of imidazole rings is 1. The fraction of sp³-hybridized carbons (Fsp3) is 0.308. The molecule has 1 aliphatic carbocycles. The van der Waals surface area contributed by atoms with E-state index in [-0.39, 0.29) is 17.9 Å². The molecule has 1 amide bonds. The van der Waals surface area contributed by atoms with E-state index < -0.39 is 0 Å². The molecule has 8 nitrogen and oxygen atoms in total.